The maximum absolute atomic E-state index is 9.07. The Kier molecular flexibility index (Phi) is 2.66. The van der Waals surface area contributed by atoms with Gasteiger partial charge < -0.3 is 5.11 Å². The van der Waals surface area contributed by atoms with E-state index in [1.54, 1.807) is 24.3 Å². The Morgan fingerprint density at radius 1 is 1.09 bits per heavy atom. The van der Waals surface area contributed by atoms with E-state index in [1.807, 2.05) is 0 Å². The molecule has 0 aliphatic rings. The van der Waals surface area contributed by atoms with Gasteiger partial charge in [0.2, 0.25) is 4.52 Å². The van der Waals surface area contributed by atoms with Crippen LogP contribution >= 0.6 is 34.8 Å². The smallest absolute Gasteiger partial charge is 0.241 e. The minimum absolute atomic E-state index is 0.408. The fourth-order valence-corrected chi connectivity index (χ4v) is 1.03. The summed E-state index contributed by atoms with van der Waals surface area (Å²) >= 11 is 16.4. The molecule has 0 bridgehead atoms. The lowest BCUT2D eigenvalue weighted by Crippen LogP contribution is -2.07. The number of alkyl halides is 2. The van der Waals surface area contributed by atoms with E-state index < -0.39 is 4.52 Å². The molecule has 0 amide bonds. The van der Waals surface area contributed by atoms with Gasteiger partial charge in [0, 0.05) is 10.6 Å². The Labute approximate surface area is 79.5 Å². The van der Waals surface area contributed by atoms with Gasteiger partial charge in [-0.3, -0.25) is 0 Å². The van der Waals surface area contributed by atoms with Crippen molar-refractivity contribution in [1.82, 2.24) is 0 Å². The van der Waals surface area contributed by atoms with Crippen LogP contribution in [0.5, 0.6) is 0 Å². The molecule has 0 aromatic heterocycles. The molecule has 60 valence electrons. The molecule has 0 aliphatic heterocycles. The van der Waals surface area contributed by atoms with E-state index in [0.29, 0.717) is 10.6 Å². The van der Waals surface area contributed by atoms with Crippen molar-refractivity contribution in [3.63, 3.8) is 0 Å². The lowest BCUT2D eigenvalue weighted by molar-refractivity contribution is 0.218. The molecule has 0 atom stereocenters. The quantitative estimate of drug-likeness (QED) is 0.708. The molecule has 11 heavy (non-hydrogen) atoms. The predicted octanol–water partition coefficient (Wildman–Crippen LogP) is 2.92. The van der Waals surface area contributed by atoms with Crippen molar-refractivity contribution in [2.24, 2.45) is 0 Å². The third kappa shape index (κ3) is 2.53. The predicted molar refractivity (Wildman–Crippen MR) is 47.1 cm³/mol. The second-order valence-corrected chi connectivity index (χ2v) is 3.77. The minimum atomic E-state index is -1.83. The molecule has 1 aromatic rings. The van der Waals surface area contributed by atoms with E-state index in [9.17, 15) is 0 Å². The molecule has 0 saturated carbocycles. The molecule has 0 radical (unpaired) electrons. The van der Waals surface area contributed by atoms with E-state index in [2.05, 4.69) is 0 Å². The van der Waals surface area contributed by atoms with Crippen LogP contribution < -0.4 is 0 Å². The molecule has 0 heterocycles. The average molecular weight is 211 g/mol. The van der Waals surface area contributed by atoms with Crippen molar-refractivity contribution in [3.8, 4) is 0 Å². The van der Waals surface area contributed by atoms with Gasteiger partial charge >= 0.3 is 0 Å². The molecule has 0 unspecified atom stereocenters. The maximum atomic E-state index is 9.07. The van der Waals surface area contributed by atoms with Crippen LogP contribution in [-0.4, -0.2) is 5.11 Å². The summed E-state index contributed by atoms with van der Waals surface area (Å²) in [4.78, 5) is 0. The van der Waals surface area contributed by atoms with Crippen molar-refractivity contribution >= 4 is 34.8 Å². The number of halogens is 3. The standard InChI is InChI=1S/C7H5Cl3O/c8-6-3-1-5(2-4-6)7(9,10)11/h1-4,11H. The first-order valence-corrected chi connectivity index (χ1v) is 4.00. The first-order chi connectivity index (χ1) is 5.00. The Morgan fingerprint density at radius 3 is 1.91 bits per heavy atom. The van der Waals surface area contributed by atoms with Gasteiger partial charge in [-0.25, -0.2) is 0 Å². The number of benzene rings is 1. The fourth-order valence-electron chi connectivity index (χ4n) is 0.650. The van der Waals surface area contributed by atoms with Gasteiger partial charge in [0.1, 0.15) is 0 Å². The van der Waals surface area contributed by atoms with Gasteiger partial charge in [-0.2, -0.15) is 0 Å². The highest BCUT2D eigenvalue weighted by molar-refractivity contribution is 6.46. The highest BCUT2D eigenvalue weighted by atomic mass is 35.5. The monoisotopic (exact) mass is 210 g/mol. The summed E-state index contributed by atoms with van der Waals surface area (Å²) in [7, 11) is 0. The van der Waals surface area contributed by atoms with Gasteiger partial charge in [0.25, 0.3) is 0 Å². The van der Waals surface area contributed by atoms with Crippen LogP contribution in [0.1, 0.15) is 5.56 Å². The first kappa shape index (κ1) is 9.14. The molecule has 0 aliphatic carbocycles. The zero-order valence-corrected chi connectivity index (χ0v) is 7.66. The van der Waals surface area contributed by atoms with E-state index in [0.717, 1.165) is 0 Å². The second-order valence-electron chi connectivity index (χ2n) is 2.05. The van der Waals surface area contributed by atoms with Gasteiger partial charge in [-0.05, 0) is 12.1 Å². The molecule has 4 heteroatoms. The first-order valence-electron chi connectivity index (χ1n) is 2.86. The average Bonchev–Trinajstić information content (AvgIpc) is 1.86. The van der Waals surface area contributed by atoms with E-state index >= 15 is 0 Å². The maximum Gasteiger partial charge on any atom is 0.241 e. The molecule has 1 N–H and O–H groups in total. The van der Waals surface area contributed by atoms with Crippen LogP contribution in [0.15, 0.2) is 24.3 Å². The SMILES string of the molecule is OC(Cl)(Cl)c1ccc(Cl)cc1. The van der Waals surface area contributed by atoms with Crippen LogP contribution in [0.4, 0.5) is 0 Å². The number of hydrogen-bond acceptors (Lipinski definition) is 1. The van der Waals surface area contributed by atoms with Crippen molar-refractivity contribution in [3.05, 3.63) is 34.9 Å². The highest BCUT2D eigenvalue weighted by Gasteiger charge is 2.21. The van der Waals surface area contributed by atoms with Crippen molar-refractivity contribution in [2.75, 3.05) is 0 Å². The van der Waals surface area contributed by atoms with E-state index in [1.165, 1.54) is 0 Å². The van der Waals surface area contributed by atoms with E-state index in [4.69, 9.17) is 39.9 Å². The Bertz CT molecular complexity index is 237. The van der Waals surface area contributed by atoms with Crippen LogP contribution in [0, 0.1) is 0 Å². The van der Waals surface area contributed by atoms with Crippen molar-refractivity contribution in [1.29, 1.82) is 0 Å². The molecular formula is C7H5Cl3O. The minimum Gasteiger partial charge on any atom is -0.359 e. The summed E-state index contributed by atoms with van der Waals surface area (Å²) < 4.78 is -1.83. The van der Waals surface area contributed by atoms with Gasteiger partial charge in [0.15, 0.2) is 0 Å². The number of aliphatic hydroxyl groups is 1. The summed E-state index contributed by atoms with van der Waals surface area (Å²) in [6.45, 7) is 0. The van der Waals surface area contributed by atoms with Crippen LogP contribution in [0.3, 0.4) is 0 Å². The molecule has 0 fully saturated rings. The summed E-state index contributed by atoms with van der Waals surface area (Å²) in [5.74, 6) is 0. The molecule has 1 aromatic carbocycles. The van der Waals surface area contributed by atoms with Gasteiger partial charge in [-0.15, -0.1) is 0 Å². The largest absolute Gasteiger partial charge is 0.359 e. The van der Waals surface area contributed by atoms with Gasteiger partial charge in [0.05, 0.1) is 0 Å². The van der Waals surface area contributed by atoms with Crippen molar-refractivity contribution < 1.29 is 5.11 Å². The number of rotatable bonds is 1. The normalized spacial score (nSPS) is 11.6. The number of hydrogen-bond donors (Lipinski definition) is 1. The summed E-state index contributed by atoms with van der Waals surface area (Å²) in [6, 6.07) is 6.32. The lowest BCUT2D eigenvalue weighted by atomic mass is 10.2. The molecule has 1 nitrogen and oxygen atoms in total. The molecule has 1 rings (SSSR count). The third-order valence-corrected chi connectivity index (χ3v) is 1.88. The zero-order valence-electron chi connectivity index (χ0n) is 5.39. The Morgan fingerprint density at radius 2 is 1.55 bits per heavy atom. The zero-order chi connectivity index (χ0) is 8.48. The lowest BCUT2D eigenvalue weighted by Gasteiger charge is -2.11. The summed E-state index contributed by atoms with van der Waals surface area (Å²) in [5.41, 5.74) is 0.408. The van der Waals surface area contributed by atoms with Crippen LogP contribution in [0.25, 0.3) is 0 Å². The molecular weight excluding hydrogens is 206 g/mol. The third-order valence-electron chi connectivity index (χ3n) is 1.19. The summed E-state index contributed by atoms with van der Waals surface area (Å²) in [5, 5.41) is 9.64. The second kappa shape index (κ2) is 3.20. The highest BCUT2D eigenvalue weighted by Crippen LogP contribution is 2.30. The topological polar surface area (TPSA) is 20.2 Å². The molecule has 0 saturated heterocycles. The fraction of sp³-hybridized carbons (Fsp3) is 0.143. The van der Waals surface area contributed by atoms with Gasteiger partial charge in [-0.1, -0.05) is 46.9 Å². The van der Waals surface area contributed by atoms with Crippen LogP contribution in [-0.2, 0) is 4.52 Å². The Balaban J connectivity index is 2.99. The molecule has 0 spiro atoms. The van der Waals surface area contributed by atoms with Crippen LogP contribution in [0.2, 0.25) is 5.02 Å². The summed E-state index contributed by atoms with van der Waals surface area (Å²) in [6.07, 6.45) is 0. The Hall–Kier alpha value is 0.0500. The van der Waals surface area contributed by atoms with E-state index in [-0.39, 0.29) is 0 Å². The van der Waals surface area contributed by atoms with Crippen molar-refractivity contribution in [2.45, 2.75) is 4.52 Å².